The number of para-hydroxylation sites is 1. The van der Waals surface area contributed by atoms with Crippen LogP contribution in [-0.4, -0.2) is 17.4 Å². The highest BCUT2D eigenvalue weighted by Gasteiger charge is 2.24. The van der Waals surface area contributed by atoms with E-state index in [1.54, 1.807) is 0 Å². The van der Waals surface area contributed by atoms with Gasteiger partial charge in [-0.1, -0.05) is 46.9 Å². The molecule has 2 rings (SSSR count). The Balaban J connectivity index is 2.40. The van der Waals surface area contributed by atoms with Crippen molar-refractivity contribution in [3.05, 3.63) is 23.8 Å². The predicted octanol–water partition coefficient (Wildman–Crippen LogP) is 3.59. The molecule has 1 aromatic carbocycles. The Bertz CT molecular complexity index is 373. The Hall–Kier alpha value is -0.550. The minimum Gasteiger partial charge on any atom is -0.507 e. The minimum absolute atomic E-state index is 0.0369. The first-order chi connectivity index (χ1) is 7.50. The maximum Gasteiger partial charge on any atom is 0.126 e. The summed E-state index contributed by atoms with van der Waals surface area (Å²) in [7, 11) is -0.0744. The zero-order valence-corrected chi connectivity index (χ0v) is 11.3. The van der Waals surface area contributed by atoms with Gasteiger partial charge in [-0.25, -0.2) is 0 Å². The second-order valence-electron chi connectivity index (χ2n) is 5.62. The molecule has 0 atom stereocenters. The Morgan fingerprint density at radius 1 is 1.12 bits per heavy atom. The van der Waals surface area contributed by atoms with Gasteiger partial charge in [-0.15, -0.1) is 0 Å². The summed E-state index contributed by atoms with van der Waals surface area (Å²) in [6.07, 6.45) is 5.28. The van der Waals surface area contributed by atoms with Crippen LogP contribution in [0, 0.1) is 0 Å². The van der Waals surface area contributed by atoms with Crippen LogP contribution in [-0.2, 0) is 5.41 Å². The third-order valence-electron chi connectivity index (χ3n) is 3.27. The molecular weight excluding hydrogens is 215 g/mol. The average Bonchev–Trinajstić information content (AvgIpc) is 2.69. The first kappa shape index (κ1) is 11.9. The summed E-state index contributed by atoms with van der Waals surface area (Å²) >= 11 is 0. The minimum atomic E-state index is -0.0744. The number of phenolic OH excluding ortho intramolecular Hbond substituents is 1. The Labute approximate surface area is 99.6 Å². The smallest absolute Gasteiger partial charge is 0.126 e. The van der Waals surface area contributed by atoms with Crippen LogP contribution in [0.4, 0.5) is 0 Å². The molecule has 0 spiro atoms. The van der Waals surface area contributed by atoms with Crippen LogP contribution in [0.2, 0.25) is 0 Å². The van der Waals surface area contributed by atoms with Crippen LogP contribution in [0.1, 0.15) is 39.2 Å². The molecular formula is C14H21OP. The van der Waals surface area contributed by atoms with Crippen molar-refractivity contribution in [2.45, 2.75) is 39.0 Å². The molecule has 0 amide bonds. The Morgan fingerprint density at radius 3 is 2.31 bits per heavy atom. The molecule has 1 aromatic rings. The molecule has 0 aromatic heterocycles. The molecule has 0 radical (unpaired) electrons. The fourth-order valence-electron chi connectivity index (χ4n) is 2.35. The molecule has 1 saturated heterocycles. The van der Waals surface area contributed by atoms with Crippen molar-refractivity contribution < 1.29 is 5.11 Å². The maximum atomic E-state index is 10.4. The maximum absolute atomic E-state index is 10.4. The van der Waals surface area contributed by atoms with Crippen molar-refractivity contribution in [2.75, 3.05) is 12.3 Å². The first-order valence-corrected chi connectivity index (χ1v) is 7.79. The van der Waals surface area contributed by atoms with E-state index < -0.39 is 0 Å². The average molecular weight is 236 g/mol. The molecule has 1 nitrogen and oxygen atoms in total. The van der Waals surface area contributed by atoms with Crippen LogP contribution in [0.3, 0.4) is 0 Å². The molecule has 1 aliphatic heterocycles. The second-order valence-corrected chi connectivity index (χ2v) is 8.07. The SMILES string of the molecule is CC(C)(C)c1cccc(P2CCCC2)c1O. The molecule has 1 fully saturated rings. The molecule has 0 saturated carbocycles. The second kappa shape index (κ2) is 4.37. The zero-order chi connectivity index (χ0) is 11.8. The Morgan fingerprint density at radius 2 is 1.75 bits per heavy atom. The third kappa shape index (κ3) is 2.25. The number of hydrogen-bond donors (Lipinski definition) is 1. The highest BCUT2D eigenvalue weighted by Crippen LogP contribution is 2.46. The summed E-state index contributed by atoms with van der Waals surface area (Å²) in [4.78, 5) is 0. The van der Waals surface area contributed by atoms with Gasteiger partial charge in [-0.3, -0.25) is 0 Å². The normalized spacial score (nSPS) is 17.9. The lowest BCUT2D eigenvalue weighted by atomic mass is 9.86. The molecule has 2 heteroatoms. The van der Waals surface area contributed by atoms with Crippen molar-refractivity contribution >= 4 is 13.2 Å². The fraction of sp³-hybridized carbons (Fsp3) is 0.571. The standard InChI is InChI=1S/C14H21OP/c1-14(2,3)11-7-6-8-12(13(11)15)16-9-4-5-10-16/h6-8,15H,4-5,9-10H2,1-3H3. The lowest BCUT2D eigenvalue weighted by molar-refractivity contribution is 0.451. The molecule has 0 aliphatic carbocycles. The van der Waals surface area contributed by atoms with Gasteiger partial charge in [0.25, 0.3) is 0 Å². The van der Waals surface area contributed by atoms with Gasteiger partial charge in [-0.05, 0) is 36.1 Å². The highest BCUT2D eigenvalue weighted by atomic mass is 31.1. The van der Waals surface area contributed by atoms with Crippen molar-refractivity contribution in [1.82, 2.24) is 0 Å². The van der Waals surface area contributed by atoms with Gasteiger partial charge in [-0.2, -0.15) is 0 Å². The number of benzene rings is 1. The van der Waals surface area contributed by atoms with E-state index in [1.165, 1.54) is 30.5 Å². The van der Waals surface area contributed by atoms with Gasteiger partial charge >= 0.3 is 0 Å². The van der Waals surface area contributed by atoms with Crippen molar-refractivity contribution in [3.63, 3.8) is 0 Å². The van der Waals surface area contributed by atoms with Gasteiger partial charge in [0, 0.05) is 5.30 Å². The summed E-state index contributed by atoms with van der Waals surface area (Å²) in [5.41, 5.74) is 1.13. The van der Waals surface area contributed by atoms with Gasteiger partial charge in [0.1, 0.15) is 5.75 Å². The van der Waals surface area contributed by atoms with E-state index in [0.717, 1.165) is 5.56 Å². The molecule has 16 heavy (non-hydrogen) atoms. The van der Waals surface area contributed by atoms with E-state index >= 15 is 0 Å². The molecule has 0 unspecified atom stereocenters. The number of phenols is 1. The first-order valence-electron chi connectivity index (χ1n) is 6.07. The Kier molecular flexibility index (Phi) is 3.26. The van der Waals surface area contributed by atoms with Crippen LogP contribution in [0.5, 0.6) is 5.75 Å². The fourth-order valence-corrected chi connectivity index (χ4v) is 4.98. The van der Waals surface area contributed by atoms with E-state index in [-0.39, 0.29) is 13.3 Å². The van der Waals surface area contributed by atoms with Gasteiger partial charge in [0.05, 0.1) is 0 Å². The number of rotatable bonds is 1. The summed E-state index contributed by atoms with van der Waals surface area (Å²) < 4.78 is 0. The van der Waals surface area contributed by atoms with Gasteiger partial charge < -0.3 is 5.11 Å². The summed E-state index contributed by atoms with van der Waals surface area (Å²) in [6, 6.07) is 6.29. The molecule has 1 N–H and O–H groups in total. The molecule has 1 heterocycles. The van der Waals surface area contributed by atoms with Crippen molar-refractivity contribution in [3.8, 4) is 5.75 Å². The van der Waals surface area contributed by atoms with Gasteiger partial charge in [0.15, 0.2) is 0 Å². The van der Waals surface area contributed by atoms with Gasteiger partial charge in [0.2, 0.25) is 0 Å². The molecule has 1 aliphatic rings. The summed E-state index contributed by atoms with van der Waals surface area (Å²) in [6.45, 7) is 6.48. The number of hydrogen-bond acceptors (Lipinski definition) is 1. The van der Waals surface area contributed by atoms with Crippen molar-refractivity contribution in [1.29, 1.82) is 0 Å². The molecule has 0 bridgehead atoms. The van der Waals surface area contributed by atoms with Crippen LogP contribution in [0.15, 0.2) is 18.2 Å². The van der Waals surface area contributed by atoms with E-state index in [1.807, 2.05) is 0 Å². The monoisotopic (exact) mass is 236 g/mol. The predicted molar refractivity (Wildman–Crippen MR) is 72.3 cm³/mol. The van der Waals surface area contributed by atoms with Crippen LogP contribution < -0.4 is 5.30 Å². The lowest BCUT2D eigenvalue weighted by Crippen LogP contribution is -2.15. The van der Waals surface area contributed by atoms with Crippen molar-refractivity contribution in [2.24, 2.45) is 0 Å². The summed E-state index contributed by atoms with van der Waals surface area (Å²) in [5.74, 6) is 0.572. The van der Waals surface area contributed by atoms with E-state index in [2.05, 4.69) is 39.0 Å². The topological polar surface area (TPSA) is 20.2 Å². The largest absolute Gasteiger partial charge is 0.507 e. The lowest BCUT2D eigenvalue weighted by Gasteiger charge is -2.23. The number of aromatic hydroxyl groups is 1. The van der Waals surface area contributed by atoms with E-state index in [9.17, 15) is 5.11 Å². The molecule has 88 valence electrons. The quantitative estimate of drug-likeness (QED) is 0.739. The third-order valence-corrected chi connectivity index (χ3v) is 6.02. The summed E-state index contributed by atoms with van der Waals surface area (Å²) in [5, 5.41) is 11.6. The van der Waals surface area contributed by atoms with E-state index in [4.69, 9.17) is 0 Å². The zero-order valence-electron chi connectivity index (χ0n) is 10.5. The highest BCUT2D eigenvalue weighted by molar-refractivity contribution is 7.66. The van der Waals surface area contributed by atoms with Crippen LogP contribution >= 0.6 is 7.92 Å². The van der Waals surface area contributed by atoms with Crippen LogP contribution in [0.25, 0.3) is 0 Å². The van der Waals surface area contributed by atoms with E-state index in [0.29, 0.717) is 5.75 Å².